The molecule has 1 aliphatic rings. The van der Waals surface area contributed by atoms with Crippen LogP contribution in [0.4, 0.5) is 0 Å². The van der Waals surface area contributed by atoms with Crippen molar-refractivity contribution in [3.63, 3.8) is 0 Å². The van der Waals surface area contributed by atoms with Gasteiger partial charge >= 0.3 is 0 Å². The number of hydrogen-bond donors (Lipinski definition) is 1. The van der Waals surface area contributed by atoms with Gasteiger partial charge in [0, 0.05) is 18.0 Å². The minimum absolute atomic E-state index is 0.0170. The van der Waals surface area contributed by atoms with E-state index in [1.54, 1.807) is 18.4 Å². The molecular formula is C17H23N3O3S. The quantitative estimate of drug-likeness (QED) is 0.892. The number of amides is 1. The molecule has 1 amide bonds. The minimum atomic E-state index is -0.208. The number of rotatable bonds is 5. The molecule has 0 unspecified atom stereocenters. The Balaban J connectivity index is 1.86. The Kier molecular flexibility index (Phi) is 5.01. The van der Waals surface area contributed by atoms with Crippen LogP contribution >= 0.6 is 11.3 Å². The largest absolute Gasteiger partial charge is 0.383 e. The number of methoxy groups -OCH3 is 1. The van der Waals surface area contributed by atoms with Crippen LogP contribution in [0, 0.1) is 5.92 Å². The molecule has 0 radical (unpaired) electrons. The summed E-state index contributed by atoms with van der Waals surface area (Å²) in [7, 11) is 1.59. The summed E-state index contributed by atoms with van der Waals surface area (Å²) in [5.41, 5.74) is 1.04. The van der Waals surface area contributed by atoms with Gasteiger partial charge in [-0.1, -0.05) is 6.92 Å². The van der Waals surface area contributed by atoms with Gasteiger partial charge < -0.3 is 10.1 Å². The lowest BCUT2D eigenvalue weighted by atomic mass is 9.89. The van der Waals surface area contributed by atoms with Crippen LogP contribution in [0.15, 0.2) is 11.1 Å². The summed E-state index contributed by atoms with van der Waals surface area (Å²) in [6.07, 6.45) is 4.53. The Morgan fingerprint density at radius 3 is 3.12 bits per heavy atom. The number of nitrogens with zero attached hydrogens (tertiary/aromatic N) is 2. The van der Waals surface area contributed by atoms with Gasteiger partial charge in [0.05, 0.1) is 18.3 Å². The van der Waals surface area contributed by atoms with Crippen molar-refractivity contribution in [3.8, 4) is 0 Å². The molecule has 0 aromatic carbocycles. The van der Waals surface area contributed by atoms with E-state index in [1.807, 2.05) is 6.92 Å². The molecule has 1 N–H and O–H groups in total. The highest BCUT2D eigenvalue weighted by Gasteiger charge is 2.23. The second kappa shape index (κ2) is 7.03. The summed E-state index contributed by atoms with van der Waals surface area (Å²) in [5, 5.41) is 3.53. The molecular weight excluding hydrogens is 326 g/mol. The number of fused-ring (bicyclic) bond motifs is 3. The van der Waals surface area contributed by atoms with Crippen LogP contribution in [0.3, 0.4) is 0 Å². The third-order valence-corrected chi connectivity index (χ3v) is 5.58. The average molecular weight is 349 g/mol. The monoisotopic (exact) mass is 349 g/mol. The molecule has 24 heavy (non-hydrogen) atoms. The first kappa shape index (κ1) is 17.1. The fourth-order valence-corrected chi connectivity index (χ4v) is 4.59. The van der Waals surface area contributed by atoms with Crippen LogP contribution in [0.2, 0.25) is 0 Å². The molecule has 2 aromatic heterocycles. The lowest BCUT2D eigenvalue weighted by molar-refractivity contribution is -0.122. The SMILES string of the molecule is COC[C@H](C)NC(=O)Cn1cnc2sc3c(c2c1=O)CC[C@@H](C)C3. The molecule has 0 aliphatic heterocycles. The molecule has 2 atom stereocenters. The zero-order chi connectivity index (χ0) is 17.3. The normalized spacial score (nSPS) is 18.4. The number of aromatic nitrogens is 2. The molecule has 0 saturated carbocycles. The Labute approximate surface area is 144 Å². The van der Waals surface area contributed by atoms with E-state index in [9.17, 15) is 9.59 Å². The first-order chi connectivity index (χ1) is 11.5. The van der Waals surface area contributed by atoms with E-state index in [-0.39, 0.29) is 24.1 Å². The maximum absolute atomic E-state index is 12.8. The van der Waals surface area contributed by atoms with E-state index in [0.29, 0.717) is 17.9 Å². The fraction of sp³-hybridized carbons (Fsp3) is 0.588. The highest BCUT2D eigenvalue weighted by molar-refractivity contribution is 7.18. The number of carbonyl (C=O) groups excluding carboxylic acids is 1. The third kappa shape index (κ3) is 3.37. The lowest BCUT2D eigenvalue weighted by Gasteiger charge is -2.17. The van der Waals surface area contributed by atoms with Gasteiger partial charge in [-0.25, -0.2) is 4.98 Å². The summed E-state index contributed by atoms with van der Waals surface area (Å²) < 4.78 is 6.41. The molecule has 0 spiro atoms. The molecule has 0 saturated heterocycles. The minimum Gasteiger partial charge on any atom is -0.383 e. The van der Waals surface area contributed by atoms with Crippen LogP contribution in [-0.2, 0) is 28.9 Å². The maximum Gasteiger partial charge on any atom is 0.262 e. The smallest absolute Gasteiger partial charge is 0.262 e. The Bertz CT molecular complexity index is 811. The number of thiophene rings is 1. The van der Waals surface area contributed by atoms with Crippen LogP contribution < -0.4 is 10.9 Å². The van der Waals surface area contributed by atoms with E-state index in [1.165, 1.54) is 15.8 Å². The second-order valence-corrected chi connectivity index (χ2v) is 7.72. The second-order valence-electron chi connectivity index (χ2n) is 6.63. The predicted octanol–water partition coefficient (Wildman–Crippen LogP) is 1.73. The van der Waals surface area contributed by atoms with E-state index in [2.05, 4.69) is 17.2 Å². The lowest BCUT2D eigenvalue weighted by Crippen LogP contribution is -2.39. The molecule has 0 fully saturated rings. The molecule has 6 nitrogen and oxygen atoms in total. The van der Waals surface area contributed by atoms with Gasteiger partial charge in [-0.15, -0.1) is 11.3 Å². The highest BCUT2D eigenvalue weighted by Crippen LogP contribution is 2.35. The number of aryl methyl sites for hydroxylation is 1. The summed E-state index contributed by atoms with van der Waals surface area (Å²) >= 11 is 1.62. The highest BCUT2D eigenvalue weighted by atomic mass is 32.1. The molecule has 3 rings (SSSR count). The van der Waals surface area contributed by atoms with E-state index in [0.717, 1.165) is 29.7 Å². The van der Waals surface area contributed by atoms with Gasteiger partial charge in [0.25, 0.3) is 5.56 Å². The van der Waals surface area contributed by atoms with Crippen molar-refractivity contribution in [1.29, 1.82) is 0 Å². The van der Waals surface area contributed by atoms with Gasteiger partial charge in [-0.2, -0.15) is 0 Å². The van der Waals surface area contributed by atoms with Crippen LogP contribution in [0.1, 0.15) is 30.7 Å². The van der Waals surface area contributed by atoms with Crippen LogP contribution in [-0.4, -0.2) is 35.2 Å². The number of ether oxygens (including phenoxy) is 1. The van der Waals surface area contributed by atoms with Crippen LogP contribution in [0.25, 0.3) is 10.2 Å². The van der Waals surface area contributed by atoms with Crippen molar-refractivity contribution in [1.82, 2.24) is 14.9 Å². The van der Waals surface area contributed by atoms with Gasteiger partial charge in [-0.05, 0) is 37.7 Å². The van der Waals surface area contributed by atoms with Crippen molar-refractivity contribution in [2.45, 2.75) is 45.7 Å². The van der Waals surface area contributed by atoms with Gasteiger partial charge in [-0.3, -0.25) is 14.2 Å². The van der Waals surface area contributed by atoms with E-state index >= 15 is 0 Å². The summed E-state index contributed by atoms with van der Waals surface area (Å²) in [6.45, 7) is 4.53. The maximum atomic E-state index is 12.8. The first-order valence-electron chi connectivity index (χ1n) is 8.27. The zero-order valence-corrected chi connectivity index (χ0v) is 15.1. The molecule has 1 aliphatic carbocycles. The topological polar surface area (TPSA) is 73.2 Å². The summed E-state index contributed by atoms with van der Waals surface area (Å²) in [6, 6.07) is -0.0923. The van der Waals surface area contributed by atoms with Crippen molar-refractivity contribution in [2.75, 3.05) is 13.7 Å². The van der Waals surface area contributed by atoms with Gasteiger partial charge in [0.1, 0.15) is 11.4 Å². The molecule has 2 aromatic rings. The van der Waals surface area contributed by atoms with E-state index < -0.39 is 0 Å². The Morgan fingerprint density at radius 2 is 2.38 bits per heavy atom. The standard InChI is InChI=1S/C17H23N3O3S/c1-10-4-5-12-13(6-10)24-16-15(12)17(22)20(9-18-16)7-14(21)19-11(2)8-23-3/h9-11H,4-8H2,1-3H3,(H,19,21)/t10-,11+/m1/s1. The van der Waals surface area contributed by atoms with Crippen molar-refractivity contribution in [2.24, 2.45) is 5.92 Å². The van der Waals surface area contributed by atoms with Crippen molar-refractivity contribution in [3.05, 3.63) is 27.1 Å². The fourth-order valence-electron chi connectivity index (χ4n) is 3.25. The average Bonchev–Trinajstić information content (AvgIpc) is 2.88. The molecule has 130 valence electrons. The van der Waals surface area contributed by atoms with Gasteiger partial charge in [0.15, 0.2) is 0 Å². The number of carbonyl (C=O) groups is 1. The van der Waals surface area contributed by atoms with Crippen molar-refractivity contribution >= 4 is 27.5 Å². The summed E-state index contributed by atoms with van der Waals surface area (Å²) in [4.78, 5) is 31.4. The molecule has 0 bridgehead atoms. The number of nitrogens with one attached hydrogen (secondary N) is 1. The predicted molar refractivity (Wildman–Crippen MR) is 94.5 cm³/mol. The van der Waals surface area contributed by atoms with E-state index in [4.69, 9.17) is 4.74 Å². The summed E-state index contributed by atoms with van der Waals surface area (Å²) in [5.74, 6) is 0.446. The Morgan fingerprint density at radius 1 is 1.58 bits per heavy atom. The Hall–Kier alpha value is -1.73. The molecule has 2 heterocycles. The van der Waals surface area contributed by atoms with Gasteiger partial charge in [0.2, 0.25) is 5.91 Å². The third-order valence-electron chi connectivity index (χ3n) is 4.42. The number of hydrogen-bond acceptors (Lipinski definition) is 5. The molecule has 7 heteroatoms. The van der Waals surface area contributed by atoms with Crippen molar-refractivity contribution < 1.29 is 9.53 Å². The first-order valence-corrected chi connectivity index (χ1v) is 9.09. The van der Waals surface area contributed by atoms with Crippen LogP contribution in [0.5, 0.6) is 0 Å². The zero-order valence-electron chi connectivity index (χ0n) is 14.3.